The summed E-state index contributed by atoms with van der Waals surface area (Å²) < 4.78 is 4.91. The smallest absolute Gasteiger partial charge is 0.136 e. The second-order valence-electron chi connectivity index (χ2n) is 1.81. The van der Waals surface area contributed by atoms with Crippen LogP contribution in [0.15, 0.2) is 24.3 Å². The highest BCUT2D eigenvalue weighted by Gasteiger charge is 1.96. The van der Waals surface area contributed by atoms with Crippen molar-refractivity contribution < 1.29 is 4.74 Å². The Hall–Kier alpha value is -0.910. The van der Waals surface area contributed by atoms with Crippen molar-refractivity contribution >= 4 is 24.8 Å². The predicted octanol–water partition coefficient (Wildman–Crippen LogP) is 2.41. The summed E-state index contributed by atoms with van der Waals surface area (Å²) in [4.78, 5) is 0. The SMILES string of the molecule is COc1ccccc1C#N.Cl.Cl. The van der Waals surface area contributed by atoms with Crippen molar-refractivity contribution in [3.8, 4) is 11.8 Å². The fraction of sp³-hybridized carbons (Fsp3) is 0.125. The highest BCUT2D eigenvalue weighted by Crippen LogP contribution is 2.14. The average Bonchev–Trinajstić information content (AvgIpc) is 2.04. The highest BCUT2D eigenvalue weighted by atomic mass is 35.5. The summed E-state index contributed by atoms with van der Waals surface area (Å²) in [5.74, 6) is 0.630. The van der Waals surface area contributed by atoms with Gasteiger partial charge in [-0.25, -0.2) is 0 Å². The lowest BCUT2D eigenvalue weighted by Crippen LogP contribution is -1.85. The molecule has 66 valence electrons. The molecule has 0 bridgehead atoms. The van der Waals surface area contributed by atoms with Crippen LogP contribution in [0.25, 0.3) is 0 Å². The summed E-state index contributed by atoms with van der Waals surface area (Å²) in [6, 6.07) is 9.14. The number of halogens is 2. The van der Waals surface area contributed by atoms with Gasteiger partial charge in [-0.1, -0.05) is 12.1 Å². The predicted molar refractivity (Wildman–Crippen MR) is 52.2 cm³/mol. The van der Waals surface area contributed by atoms with Gasteiger partial charge in [-0.05, 0) is 12.1 Å². The van der Waals surface area contributed by atoms with Crippen LogP contribution < -0.4 is 4.74 Å². The Morgan fingerprint density at radius 2 is 1.83 bits per heavy atom. The maximum absolute atomic E-state index is 8.52. The molecule has 0 heterocycles. The number of hydrogen-bond acceptors (Lipinski definition) is 2. The minimum atomic E-state index is 0. The minimum Gasteiger partial charge on any atom is -0.495 e. The Balaban J connectivity index is 0. The van der Waals surface area contributed by atoms with Crippen LogP contribution in [-0.4, -0.2) is 7.11 Å². The number of ether oxygens (including phenoxy) is 1. The molecule has 0 saturated heterocycles. The number of nitrogens with zero attached hydrogens (tertiary/aromatic N) is 1. The summed E-state index contributed by atoms with van der Waals surface area (Å²) in [7, 11) is 1.55. The molecule has 0 saturated carbocycles. The van der Waals surface area contributed by atoms with Gasteiger partial charge in [0.05, 0.1) is 12.7 Å². The molecule has 0 spiro atoms. The van der Waals surface area contributed by atoms with Crippen LogP contribution in [0.1, 0.15) is 5.56 Å². The van der Waals surface area contributed by atoms with Gasteiger partial charge in [0.15, 0.2) is 0 Å². The lowest BCUT2D eigenvalue weighted by Gasteiger charge is -1.98. The second kappa shape index (κ2) is 6.78. The molecular weight excluding hydrogens is 197 g/mol. The molecule has 0 aliphatic rings. The molecule has 0 aliphatic carbocycles. The molecule has 1 aromatic rings. The standard InChI is InChI=1S/C8H7NO.2ClH/c1-10-8-5-3-2-4-7(8)6-9;;/h2-5H,1H3;2*1H. The van der Waals surface area contributed by atoms with Crippen LogP contribution in [0, 0.1) is 11.3 Å². The van der Waals surface area contributed by atoms with Crippen molar-refractivity contribution in [2.45, 2.75) is 0 Å². The monoisotopic (exact) mass is 205 g/mol. The van der Waals surface area contributed by atoms with E-state index in [0.29, 0.717) is 11.3 Å². The Bertz CT molecular complexity index is 270. The molecule has 0 fully saturated rings. The van der Waals surface area contributed by atoms with Gasteiger partial charge in [0.1, 0.15) is 11.8 Å². The fourth-order valence-electron chi connectivity index (χ4n) is 0.737. The highest BCUT2D eigenvalue weighted by molar-refractivity contribution is 5.85. The van der Waals surface area contributed by atoms with Crippen molar-refractivity contribution in [2.24, 2.45) is 0 Å². The van der Waals surface area contributed by atoms with Gasteiger partial charge in [-0.15, -0.1) is 24.8 Å². The van der Waals surface area contributed by atoms with Gasteiger partial charge in [-0.2, -0.15) is 5.26 Å². The number of para-hydroxylation sites is 1. The van der Waals surface area contributed by atoms with E-state index in [1.54, 1.807) is 25.3 Å². The summed E-state index contributed by atoms with van der Waals surface area (Å²) in [5.41, 5.74) is 0.574. The molecule has 0 amide bonds. The average molecular weight is 206 g/mol. The summed E-state index contributed by atoms with van der Waals surface area (Å²) in [6.45, 7) is 0. The third-order valence-corrected chi connectivity index (χ3v) is 1.23. The molecular formula is C8H9Cl2NO. The van der Waals surface area contributed by atoms with E-state index in [2.05, 4.69) is 0 Å². The van der Waals surface area contributed by atoms with E-state index < -0.39 is 0 Å². The quantitative estimate of drug-likeness (QED) is 0.706. The molecule has 0 aliphatic heterocycles. The van der Waals surface area contributed by atoms with E-state index in [1.165, 1.54) is 0 Å². The van der Waals surface area contributed by atoms with E-state index in [-0.39, 0.29) is 24.8 Å². The number of hydrogen-bond donors (Lipinski definition) is 0. The molecule has 0 radical (unpaired) electrons. The normalized spacial score (nSPS) is 7.00. The number of benzene rings is 1. The van der Waals surface area contributed by atoms with E-state index in [4.69, 9.17) is 10.00 Å². The maximum atomic E-state index is 8.52. The zero-order chi connectivity index (χ0) is 7.40. The Morgan fingerprint density at radius 3 is 2.25 bits per heavy atom. The first-order valence-electron chi connectivity index (χ1n) is 2.91. The molecule has 0 aromatic heterocycles. The van der Waals surface area contributed by atoms with Crippen LogP contribution in [0.2, 0.25) is 0 Å². The van der Waals surface area contributed by atoms with E-state index in [1.807, 2.05) is 12.1 Å². The second-order valence-corrected chi connectivity index (χ2v) is 1.81. The summed E-state index contributed by atoms with van der Waals surface area (Å²) in [5, 5.41) is 8.52. The third kappa shape index (κ3) is 3.00. The van der Waals surface area contributed by atoms with Gasteiger partial charge in [0, 0.05) is 0 Å². The van der Waals surface area contributed by atoms with Crippen molar-refractivity contribution in [3.05, 3.63) is 29.8 Å². The summed E-state index contributed by atoms with van der Waals surface area (Å²) >= 11 is 0. The largest absolute Gasteiger partial charge is 0.495 e. The van der Waals surface area contributed by atoms with Crippen molar-refractivity contribution in [1.29, 1.82) is 5.26 Å². The first kappa shape index (κ1) is 13.7. The number of rotatable bonds is 1. The number of nitriles is 1. The molecule has 4 heteroatoms. The van der Waals surface area contributed by atoms with Crippen LogP contribution >= 0.6 is 24.8 Å². The Morgan fingerprint density at radius 1 is 1.25 bits per heavy atom. The summed E-state index contributed by atoms with van der Waals surface area (Å²) in [6.07, 6.45) is 0. The zero-order valence-corrected chi connectivity index (χ0v) is 8.11. The van der Waals surface area contributed by atoms with Gasteiger partial charge in [-0.3, -0.25) is 0 Å². The first-order chi connectivity index (χ1) is 4.88. The van der Waals surface area contributed by atoms with Crippen LogP contribution in [-0.2, 0) is 0 Å². The fourth-order valence-corrected chi connectivity index (χ4v) is 0.737. The van der Waals surface area contributed by atoms with E-state index in [9.17, 15) is 0 Å². The number of methoxy groups -OCH3 is 1. The molecule has 0 N–H and O–H groups in total. The first-order valence-corrected chi connectivity index (χ1v) is 2.91. The minimum absolute atomic E-state index is 0. The van der Waals surface area contributed by atoms with Crippen LogP contribution in [0.3, 0.4) is 0 Å². The van der Waals surface area contributed by atoms with Crippen LogP contribution in [0.4, 0.5) is 0 Å². The Kier molecular flexibility index (Phi) is 7.72. The molecule has 0 atom stereocenters. The van der Waals surface area contributed by atoms with Crippen molar-refractivity contribution in [3.63, 3.8) is 0 Å². The molecule has 12 heavy (non-hydrogen) atoms. The van der Waals surface area contributed by atoms with Gasteiger partial charge < -0.3 is 4.74 Å². The van der Waals surface area contributed by atoms with Gasteiger partial charge in [0.25, 0.3) is 0 Å². The molecule has 1 aromatic carbocycles. The van der Waals surface area contributed by atoms with Crippen molar-refractivity contribution in [1.82, 2.24) is 0 Å². The van der Waals surface area contributed by atoms with Crippen molar-refractivity contribution in [2.75, 3.05) is 7.11 Å². The van der Waals surface area contributed by atoms with Gasteiger partial charge in [0.2, 0.25) is 0 Å². The molecule has 1 rings (SSSR count). The molecule has 2 nitrogen and oxygen atoms in total. The third-order valence-electron chi connectivity index (χ3n) is 1.23. The topological polar surface area (TPSA) is 33.0 Å². The maximum Gasteiger partial charge on any atom is 0.136 e. The van der Waals surface area contributed by atoms with E-state index >= 15 is 0 Å². The van der Waals surface area contributed by atoms with E-state index in [0.717, 1.165) is 0 Å². The zero-order valence-electron chi connectivity index (χ0n) is 6.48. The van der Waals surface area contributed by atoms with Crippen LogP contribution in [0.5, 0.6) is 5.75 Å². The Labute approximate surface area is 84.0 Å². The van der Waals surface area contributed by atoms with Gasteiger partial charge >= 0.3 is 0 Å². The lowest BCUT2D eigenvalue weighted by molar-refractivity contribution is 0.413. The lowest BCUT2D eigenvalue weighted by atomic mass is 10.2. The molecule has 0 unspecified atom stereocenters.